The summed E-state index contributed by atoms with van der Waals surface area (Å²) in [6, 6.07) is 8.89. The smallest absolute Gasteiger partial charge is 0.105 e. The summed E-state index contributed by atoms with van der Waals surface area (Å²) in [6.07, 6.45) is 6.60. The van der Waals surface area contributed by atoms with Crippen molar-refractivity contribution in [2.75, 3.05) is 13.1 Å². The summed E-state index contributed by atoms with van der Waals surface area (Å²) in [7, 11) is 0. The number of rotatable bonds is 4. The van der Waals surface area contributed by atoms with Crippen molar-refractivity contribution in [1.29, 1.82) is 0 Å². The summed E-state index contributed by atoms with van der Waals surface area (Å²) >= 11 is 0. The van der Waals surface area contributed by atoms with Crippen LogP contribution in [-0.4, -0.2) is 27.5 Å². The molecule has 1 aliphatic heterocycles. The normalized spacial score (nSPS) is 17.2. The van der Waals surface area contributed by atoms with Gasteiger partial charge in [-0.05, 0) is 51.3 Å². The van der Waals surface area contributed by atoms with Crippen LogP contribution < -0.4 is 0 Å². The van der Waals surface area contributed by atoms with Gasteiger partial charge in [-0.3, -0.25) is 4.90 Å². The molecular formula is C18H25N3. The number of benzene rings is 1. The Morgan fingerprint density at radius 1 is 1.19 bits per heavy atom. The van der Waals surface area contributed by atoms with E-state index in [0.29, 0.717) is 0 Å². The number of aromatic nitrogens is 2. The molecule has 0 radical (unpaired) electrons. The molecule has 0 saturated carbocycles. The molecule has 1 saturated heterocycles. The highest BCUT2D eigenvalue weighted by atomic mass is 15.1. The van der Waals surface area contributed by atoms with E-state index in [1.807, 2.05) is 6.20 Å². The number of piperidine rings is 1. The van der Waals surface area contributed by atoms with Crippen LogP contribution in [-0.2, 0) is 13.1 Å². The molecule has 3 heteroatoms. The highest BCUT2D eigenvalue weighted by molar-refractivity contribution is 5.22. The van der Waals surface area contributed by atoms with Crippen LogP contribution in [0.4, 0.5) is 0 Å². The Kier molecular flexibility index (Phi) is 4.39. The van der Waals surface area contributed by atoms with Gasteiger partial charge in [-0.15, -0.1) is 0 Å². The average Bonchev–Trinajstić information content (AvgIpc) is 2.87. The molecule has 2 aromatic rings. The van der Waals surface area contributed by atoms with Crippen molar-refractivity contribution >= 4 is 0 Å². The predicted octanol–water partition coefficient (Wildman–Crippen LogP) is 3.41. The van der Waals surface area contributed by atoms with E-state index in [2.05, 4.69) is 58.8 Å². The van der Waals surface area contributed by atoms with Crippen LogP contribution >= 0.6 is 0 Å². The second kappa shape index (κ2) is 6.44. The largest absolute Gasteiger partial charge is 0.335 e. The molecule has 3 nitrogen and oxygen atoms in total. The van der Waals surface area contributed by atoms with Crippen molar-refractivity contribution in [2.24, 2.45) is 5.92 Å². The van der Waals surface area contributed by atoms with E-state index in [-0.39, 0.29) is 0 Å². The lowest BCUT2D eigenvalue weighted by atomic mass is 9.96. The molecule has 0 spiro atoms. The van der Waals surface area contributed by atoms with Crippen LogP contribution in [0.25, 0.3) is 0 Å². The van der Waals surface area contributed by atoms with E-state index >= 15 is 0 Å². The van der Waals surface area contributed by atoms with Gasteiger partial charge in [-0.2, -0.15) is 0 Å². The van der Waals surface area contributed by atoms with Crippen molar-refractivity contribution in [2.45, 2.75) is 39.8 Å². The minimum atomic E-state index is 0.798. The number of hydrogen-bond donors (Lipinski definition) is 0. The van der Waals surface area contributed by atoms with E-state index < -0.39 is 0 Å². The van der Waals surface area contributed by atoms with Crippen molar-refractivity contribution in [3.05, 3.63) is 53.6 Å². The van der Waals surface area contributed by atoms with Crippen molar-refractivity contribution in [1.82, 2.24) is 14.5 Å². The molecule has 1 aromatic carbocycles. The molecule has 0 aliphatic carbocycles. The summed E-state index contributed by atoms with van der Waals surface area (Å²) in [4.78, 5) is 6.90. The van der Waals surface area contributed by atoms with E-state index in [9.17, 15) is 0 Å². The molecule has 2 heterocycles. The van der Waals surface area contributed by atoms with Gasteiger partial charge in [0.15, 0.2) is 0 Å². The SMILES string of the molecule is Cc1cccc(CN2CCC(Cn3ccnc3C)CC2)c1. The first kappa shape index (κ1) is 14.3. The highest BCUT2D eigenvalue weighted by Gasteiger charge is 2.19. The number of likely N-dealkylation sites (tertiary alicyclic amines) is 1. The van der Waals surface area contributed by atoms with Crippen LogP contribution in [0.3, 0.4) is 0 Å². The zero-order chi connectivity index (χ0) is 14.7. The lowest BCUT2D eigenvalue weighted by Gasteiger charge is -2.32. The van der Waals surface area contributed by atoms with Gasteiger partial charge in [0, 0.05) is 25.5 Å². The van der Waals surface area contributed by atoms with Crippen LogP contribution in [0.1, 0.15) is 29.8 Å². The Bertz CT molecular complexity index is 580. The first-order valence-corrected chi connectivity index (χ1v) is 7.96. The van der Waals surface area contributed by atoms with Gasteiger partial charge in [0.2, 0.25) is 0 Å². The van der Waals surface area contributed by atoms with Gasteiger partial charge in [-0.1, -0.05) is 29.8 Å². The second-order valence-electron chi connectivity index (χ2n) is 6.34. The molecule has 0 atom stereocenters. The van der Waals surface area contributed by atoms with E-state index in [0.717, 1.165) is 24.8 Å². The quantitative estimate of drug-likeness (QED) is 0.857. The fourth-order valence-corrected chi connectivity index (χ4v) is 3.27. The summed E-state index contributed by atoms with van der Waals surface area (Å²) in [5.74, 6) is 1.93. The lowest BCUT2D eigenvalue weighted by Crippen LogP contribution is -2.34. The first-order chi connectivity index (χ1) is 10.2. The van der Waals surface area contributed by atoms with Gasteiger partial charge in [0.05, 0.1) is 0 Å². The topological polar surface area (TPSA) is 21.1 Å². The maximum atomic E-state index is 4.31. The molecule has 0 amide bonds. The molecule has 1 fully saturated rings. The Hall–Kier alpha value is -1.61. The number of hydrogen-bond acceptors (Lipinski definition) is 2. The van der Waals surface area contributed by atoms with Gasteiger partial charge < -0.3 is 4.57 Å². The van der Waals surface area contributed by atoms with E-state index in [4.69, 9.17) is 0 Å². The number of nitrogens with zero attached hydrogens (tertiary/aromatic N) is 3. The minimum Gasteiger partial charge on any atom is -0.335 e. The summed E-state index contributed by atoms with van der Waals surface area (Å²) in [5.41, 5.74) is 2.80. The van der Waals surface area contributed by atoms with Crippen molar-refractivity contribution in [3.63, 3.8) is 0 Å². The minimum absolute atomic E-state index is 0.798. The fraction of sp³-hybridized carbons (Fsp3) is 0.500. The average molecular weight is 283 g/mol. The van der Waals surface area contributed by atoms with Crippen LogP contribution in [0, 0.1) is 19.8 Å². The highest BCUT2D eigenvalue weighted by Crippen LogP contribution is 2.21. The predicted molar refractivity (Wildman–Crippen MR) is 86.1 cm³/mol. The molecule has 0 unspecified atom stereocenters. The first-order valence-electron chi connectivity index (χ1n) is 7.96. The molecule has 3 rings (SSSR count). The summed E-state index contributed by atoms with van der Waals surface area (Å²) in [6.45, 7) is 8.91. The van der Waals surface area contributed by atoms with Crippen LogP contribution in [0.5, 0.6) is 0 Å². The van der Waals surface area contributed by atoms with Crippen molar-refractivity contribution < 1.29 is 0 Å². The maximum absolute atomic E-state index is 4.31. The molecular weight excluding hydrogens is 258 g/mol. The van der Waals surface area contributed by atoms with Crippen LogP contribution in [0.15, 0.2) is 36.7 Å². The summed E-state index contributed by atoms with van der Waals surface area (Å²) in [5, 5.41) is 0. The van der Waals surface area contributed by atoms with Gasteiger partial charge in [-0.25, -0.2) is 4.98 Å². The zero-order valence-electron chi connectivity index (χ0n) is 13.1. The number of imidazole rings is 1. The monoisotopic (exact) mass is 283 g/mol. The molecule has 21 heavy (non-hydrogen) atoms. The zero-order valence-corrected chi connectivity index (χ0v) is 13.1. The fourth-order valence-electron chi connectivity index (χ4n) is 3.27. The Balaban J connectivity index is 1.50. The molecule has 0 N–H and O–H groups in total. The Morgan fingerprint density at radius 3 is 2.67 bits per heavy atom. The lowest BCUT2D eigenvalue weighted by molar-refractivity contribution is 0.166. The Labute approximate surface area is 127 Å². The maximum Gasteiger partial charge on any atom is 0.105 e. The molecule has 1 aromatic heterocycles. The third kappa shape index (κ3) is 3.73. The molecule has 1 aliphatic rings. The van der Waals surface area contributed by atoms with Crippen LogP contribution in [0.2, 0.25) is 0 Å². The second-order valence-corrected chi connectivity index (χ2v) is 6.34. The standard InChI is InChI=1S/C18H25N3/c1-15-4-3-5-18(12-15)13-20-9-6-17(7-10-20)14-21-11-8-19-16(21)2/h3-5,8,11-12,17H,6-7,9-10,13-14H2,1-2H3. The molecule has 112 valence electrons. The Morgan fingerprint density at radius 2 is 2.00 bits per heavy atom. The van der Waals surface area contributed by atoms with Crippen molar-refractivity contribution in [3.8, 4) is 0 Å². The number of aryl methyl sites for hydroxylation is 2. The van der Waals surface area contributed by atoms with Gasteiger partial charge >= 0.3 is 0 Å². The third-order valence-corrected chi connectivity index (χ3v) is 4.57. The summed E-state index contributed by atoms with van der Waals surface area (Å²) < 4.78 is 2.29. The van der Waals surface area contributed by atoms with Gasteiger partial charge in [0.1, 0.15) is 5.82 Å². The molecule has 0 bridgehead atoms. The van der Waals surface area contributed by atoms with Gasteiger partial charge in [0.25, 0.3) is 0 Å². The third-order valence-electron chi connectivity index (χ3n) is 4.57. The van der Waals surface area contributed by atoms with E-state index in [1.54, 1.807) is 0 Å². The van der Waals surface area contributed by atoms with E-state index in [1.165, 1.54) is 37.1 Å².